The molecule has 2 aliphatic rings. The molecule has 42 heavy (non-hydrogen) atoms. The van der Waals surface area contributed by atoms with Crippen molar-refractivity contribution in [3.63, 3.8) is 0 Å². The summed E-state index contributed by atoms with van der Waals surface area (Å²) in [6.45, 7) is 3.35. The van der Waals surface area contributed by atoms with E-state index in [9.17, 15) is 14.4 Å². The van der Waals surface area contributed by atoms with Crippen molar-refractivity contribution < 1.29 is 23.9 Å². The van der Waals surface area contributed by atoms with E-state index in [0.29, 0.717) is 50.1 Å². The number of carbonyl (C=O) groups is 3. The van der Waals surface area contributed by atoms with Gasteiger partial charge in [0, 0.05) is 44.2 Å². The fourth-order valence-electron chi connectivity index (χ4n) is 5.09. The van der Waals surface area contributed by atoms with E-state index >= 15 is 0 Å². The number of hydrogen-bond donors (Lipinski definition) is 2. The number of aromatic amines is 1. The number of nitrogens with zero attached hydrogens (tertiary/aromatic N) is 7. The summed E-state index contributed by atoms with van der Waals surface area (Å²) in [4.78, 5) is 51.8. The molecule has 1 saturated carbocycles. The van der Waals surface area contributed by atoms with Crippen LogP contribution in [0.5, 0.6) is 5.88 Å². The van der Waals surface area contributed by atoms with E-state index < -0.39 is 18.0 Å². The minimum atomic E-state index is -0.883. The Bertz CT molecular complexity index is 1340. The van der Waals surface area contributed by atoms with Crippen LogP contribution in [0.2, 0.25) is 0 Å². The first-order chi connectivity index (χ1) is 20.5. The zero-order valence-corrected chi connectivity index (χ0v) is 23.6. The molecular weight excluding hydrogens is 542 g/mol. The van der Waals surface area contributed by atoms with Gasteiger partial charge in [-0.15, -0.1) is 5.10 Å². The molecule has 5 rings (SSSR count). The van der Waals surface area contributed by atoms with Crippen molar-refractivity contribution in [3.05, 3.63) is 47.9 Å². The number of carbonyl (C=O) groups excluding carboxylic acids is 3. The molecule has 1 aliphatic heterocycles. The van der Waals surface area contributed by atoms with Crippen LogP contribution in [0.25, 0.3) is 11.4 Å². The molecule has 0 unspecified atom stereocenters. The Morgan fingerprint density at radius 1 is 1.05 bits per heavy atom. The third-order valence-electron chi connectivity index (χ3n) is 7.34. The molecule has 14 nitrogen and oxygen atoms in total. The largest absolute Gasteiger partial charge is 0.474 e. The molecule has 3 aromatic rings. The van der Waals surface area contributed by atoms with Gasteiger partial charge in [0.15, 0.2) is 5.82 Å². The van der Waals surface area contributed by atoms with E-state index in [4.69, 9.17) is 9.47 Å². The molecule has 1 atom stereocenters. The van der Waals surface area contributed by atoms with E-state index in [1.54, 1.807) is 16.7 Å². The number of nitrogens with one attached hydrogen (secondary N) is 2. The molecule has 2 N–H and O–H groups in total. The van der Waals surface area contributed by atoms with E-state index in [-0.39, 0.29) is 30.7 Å². The van der Waals surface area contributed by atoms with Gasteiger partial charge in [0.2, 0.25) is 11.8 Å². The highest BCUT2D eigenvalue weighted by molar-refractivity contribution is 5.96. The van der Waals surface area contributed by atoms with E-state index in [1.165, 1.54) is 6.07 Å². The van der Waals surface area contributed by atoms with Crippen molar-refractivity contribution >= 4 is 17.9 Å². The van der Waals surface area contributed by atoms with Crippen LogP contribution in [0.4, 0.5) is 4.79 Å². The number of ether oxygens (including phenoxy) is 2. The van der Waals surface area contributed by atoms with Crippen LogP contribution in [-0.2, 0) is 16.0 Å². The van der Waals surface area contributed by atoms with Gasteiger partial charge in [-0.3, -0.25) is 9.59 Å². The first kappa shape index (κ1) is 28.9. The van der Waals surface area contributed by atoms with E-state index in [2.05, 4.69) is 35.9 Å². The second-order valence-corrected chi connectivity index (χ2v) is 10.2. The minimum Gasteiger partial charge on any atom is -0.474 e. The summed E-state index contributed by atoms with van der Waals surface area (Å²) in [5.74, 6) is 0.396. The lowest BCUT2D eigenvalue weighted by Crippen LogP contribution is -2.56. The van der Waals surface area contributed by atoms with Gasteiger partial charge in [0.05, 0.1) is 6.61 Å². The summed E-state index contributed by atoms with van der Waals surface area (Å²) in [5.41, 5.74) is 0.844. The van der Waals surface area contributed by atoms with Gasteiger partial charge >= 0.3 is 6.09 Å². The zero-order chi connectivity index (χ0) is 29.3. The molecule has 2 fully saturated rings. The predicted molar refractivity (Wildman–Crippen MR) is 149 cm³/mol. The summed E-state index contributed by atoms with van der Waals surface area (Å²) in [6, 6.07) is 10.0. The molecule has 14 heteroatoms. The molecular formula is C28H35N9O5. The highest BCUT2D eigenvalue weighted by Crippen LogP contribution is 2.25. The molecule has 3 heterocycles. The summed E-state index contributed by atoms with van der Waals surface area (Å²) in [5, 5.41) is 16.7. The van der Waals surface area contributed by atoms with Crippen molar-refractivity contribution in [2.75, 3.05) is 32.8 Å². The smallest absolute Gasteiger partial charge is 0.409 e. The Balaban J connectivity index is 1.34. The van der Waals surface area contributed by atoms with Crippen molar-refractivity contribution in [1.29, 1.82) is 0 Å². The molecule has 0 spiro atoms. The number of hydrogen-bond acceptors (Lipinski definition) is 10. The number of tetrazole rings is 1. The normalized spacial score (nSPS) is 16.2. The van der Waals surface area contributed by atoms with Crippen molar-refractivity contribution in [3.8, 4) is 17.3 Å². The number of benzene rings is 1. The molecule has 1 saturated heterocycles. The number of piperazine rings is 1. The molecule has 222 valence electrons. The molecule has 3 amide bonds. The Morgan fingerprint density at radius 3 is 2.48 bits per heavy atom. The van der Waals surface area contributed by atoms with Crippen LogP contribution in [0, 0.1) is 0 Å². The second-order valence-electron chi connectivity index (χ2n) is 10.2. The first-order valence-corrected chi connectivity index (χ1v) is 14.3. The lowest BCUT2D eigenvalue weighted by atomic mass is 10.1. The summed E-state index contributed by atoms with van der Waals surface area (Å²) >= 11 is 0. The van der Waals surface area contributed by atoms with Crippen LogP contribution in [0.3, 0.4) is 0 Å². The van der Waals surface area contributed by atoms with Crippen molar-refractivity contribution in [2.45, 2.75) is 57.6 Å². The standard InChI is InChI=1S/C28H35N9O5/c1-2-41-28(40)37-16-14-36(15-17-37)27(39)21(12-13-23-32-34-35-33-23)30-26(38)22-18-24(42-20-10-6-7-11-20)31-25(29-22)19-8-4-3-5-9-19/h3-5,8-9,18,20-21H,2,6-7,10-17H2,1H3,(H,30,38)(H,32,33,34,35)/t21-/m0/s1. The topological polar surface area (TPSA) is 168 Å². The lowest BCUT2D eigenvalue weighted by Gasteiger charge is -2.36. The summed E-state index contributed by atoms with van der Waals surface area (Å²) in [6.07, 6.45) is 4.27. The Labute approximate surface area is 243 Å². The van der Waals surface area contributed by atoms with Gasteiger partial charge in [-0.25, -0.2) is 14.9 Å². The maximum absolute atomic E-state index is 13.7. The molecule has 2 aromatic heterocycles. The van der Waals surface area contributed by atoms with E-state index in [0.717, 1.165) is 31.2 Å². The van der Waals surface area contributed by atoms with Gasteiger partial charge < -0.3 is 24.6 Å². The molecule has 0 radical (unpaired) electrons. The average Bonchev–Trinajstić information content (AvgIpc) is 3.74. The third-order valence-corrected chi connectivity index (χ3v) is 7.34. The number of amides is 3. The van der Waals surface area contributed by atoms with Crippen LogP contribution in [-0.4, -0.2) is 103 Å². The van der Waals surface area contributed by atoms with Crippen LogP contribution < -0.4 is 10.1 Å². The third kappa shape index (κ3) is 7.36. The van der Waals surface area contributed by atoms with E-state index in [1.807, 2.05) is 30.3 Å². The fraction of sp³-hybridized carbons (Fsp3) is 0.500. The zero-order valence-electron chi connectivity index (χ0n) is 23.6. The van der Waals surface area contributed by atoms with Gasteiger partial charge in [-0.05, 0) is 49.5 Å². The molecule has 0 bridgehead atoms. The lowest BCUT2D eigenvalue weighted by molar-refractivity contribution is -0.135. The Kier molecular flexibility index (Phi) is 9.51. The Hall–Kier alpha value is -4.62. The van der Waals surface area contributed by atoms with Gasteiger partial charge in [0.1, 0.15) is 23.7 Å². The van der Waals surface area contributed by atoms with Crippen LogP contribution in [0.1, 0.15) is 55.3 Å². The number of aryl methyl sites for hydroxylation is 1. The summed E-state index contributed by atoms with van der Waals surface area (Å²) in [7, 11) is 0. The number of aromatic nitrogens is 6. The first-order valence-electron chi connectivity index (χ1n) is 14.3. The SMILES string of the molecule is CCOC(=O)N1CCN(C(=O)[C@H](CCc2nnn[nH]2)NC(=O)c2cc(OC3CCCC3)nc(-c3ccccc3)n2)CC1. The molecule has 1 aliphatic carbocycles. The predicted octanol–water partition coefficient (Wildman–Crippen LogP) is 2.01. The second kappa shape index (κ2) is 13.8. The van der Waals surface area contributed by atoms with Crippen LogP contribution >= 0.6 is 0 Å². The fourth-order valence-corrected chi connectivity index (χ4v) is 5.09. The van der Waals surface area contributed by atoms with Gasteiger partial charge in [-0.2, -0.15) is 4.98 Å². The quantitative estimate of drug-likeness (QED) is 0.364. The number of rotatable bonds is 10. The minimum absolute atomic E-state index is 0.0394. The monoisotopic (exact) mass is 577 g/mol. The summed E-state index contributed by atoms with van der Waals surface area (Å²) < 4.78 is 11.2. The average molecular weight is 578 g/mol. The highest BCUT2D eigenvalue weighted by Gasteiger charge is 2.31. The van der Waals surface area contributed by atoms with Gasteiger partial charge in [-0.1, -0.05) is 30.3 Å². The van der Waals surface area contributed by atoms with Crippen molar-refractivity contribution in [1.82, 2.24) is 45.7 Å². The maximum atomic E-state index is 13.7. The maximum Gasteiger partial charge on any atom is 0.409 e. The van der Waals surface area contributed by atoms with Gasteiger partial charge in [0.25, 0.3) is 5.91 Å². The van der Waals surface area contributed by atoms with Crippen molar-refractivity contribution in [2.24, 2.45) is 0 Å². The Morgan fingerprint density at radius 2 is 1.79 bits per heavy atom. The highest BCUT2D eigenvalue weighted by atomic mass is 16.6. The number of H-pyrrole nitrogens is 1. The molecule has 1 aromatic carbocycles. The van der Waals surface area contributed by atoms with Crippen LogP contribution in [0.15, 0.2) is 36.4 Å².